The minimum Gasteiger partial charge on any atom is -0.361 e. The number of aliphatic imine (C=N–C) groups is 1. The second kappa shape index (κ2) is 5.31. The van der Waals surface area contributed by atoms with Crippen molar-refractivity contribution in [3.05, 3.63) is 0 Å². The monoisotopic (exact) mass is 230 g/mol. The standard InChI is InChI=1S/C10H18N2S2/c1-13-9-5-2-4-8(9)12-10-11-6-3-7-14-10/h8-9H,2-7H2,1H3,(H,11,12). The Hall–Kier alpha value is 0.170. The van der Waals surface area contributed by atoms with Crippen LogP contribution in [0.2, 0.25) is 0 Å². The molecule has 2 aliphatic rings. The molecule has 1 N–H and O–H groups in total. The van der Waals surface area contributed by atoms with Crippen LogP contribution < -0.4 is 5.32 Å². The van der Waals surface area contributed by atoms with Gasteiger partial charge in [0.2, 0.25) is 0 Å². The smallest absolute Gasteiger partial charge is 0.156 e. The third kappa shape index (κ3) is 2.60. The third-order valence-electron chi connectivity index (χ3n) is 2.86. The van der Waals surface area contributed by atoms with Crippen molar-refractivity contribution in [2.24, 2.45) is 4.99 Å². The van der Waals surface area contributed by atoms with E-state index in [1.807, 2.05) is 23.5 Å². The second-order valence-electron chi connectivity index (χ2n) is 3.84. The Balaban J connectivity index is 1.86. The SMILES string of the molecule is CSC1CCCC1NC1=NCCCS1. The van der Waals surface area contributed by atoms with Crippen LogP contribution in [0, 0.1) is 0 Å². The van der Waals surface area contributed by atoms with E-state index in [1.54, 1.807) is 0 Å². The van der Waals surface area contributed by atoms with Gasteiger partial charge in [0, 0.05) is 23.6 Å². The average Bonchev–Trinajstić information content (AvgIpc) is 2.67. The Morgan fingerprint density at radius 1 is 1.43 bits per heavy atom. The van der Waals surface area contributed by atoms with Crippen LogP contribution in [0.4, 0.5) is 0 Å². The second-order valence-corrected chi connectivity index (χ2v) is 6.01. The van der Waals surface area contributed by atoms with E-state index >= 15 is 0 Å². The normalized spacial score (nSPS) is 32.8. The molecule has 4 heteroatoms. The summed E-state index contributed by atoms with van der Waals surface area (Å²) in [6, 6.07) is 0.675. The highest BCUT2D eigenvalue weighted by molar-refractivity contribution is 8.13. The first-order valence-electron chi connectivity index (χ1n) is 5.37. The van der Waals surface area contributed by atoms with Gasteiger partial charge >= 0.3 is 0 Å². The zero-order chi connectivity index (χ0) is 9.80. The fourth-order valence-electron chi connectivity index (χ4n) is 2.08. The fourth-order valence-corrected chi connectivity index (χ4v) is 3.90. The summed E-state index contributed by atoms with van der Waals surface area (Å²) in [4.78, 5) is 4.52. The van der Waals surface area contributed by atoms with E-state index in [0.717, 1.165) is 11.8 Å². The molecule has 0 aromatic heterocycles. The van der Waals surface area contributed by atoms with Crippen molar-refractivity contribution in [2.75, 3.05) is 18.6 Å². The van der Waals surface area contributed by atoms with Gasteiger partial charge in [-0.3, -0.25) is 4.99 Å². The van der Waals surface area contributed by atoms with E-state index in [1.165, 1.54) is 36.6 Å². The van der Waals surface area contributed by atoms with E-state index < -0.39 is 0 Å². The van der Waals surface area contributed by atoms with Crippen LogP contribution >= 0.6 is 23.5 Å². The Bertz CT molecular complexity index is 218. The van der Waals surface area contributed by atoms with Crippen LogP contribution in [-0.4, -0.2) is 35.0 Å². The van der Waals surface area contributed by atoms with Gasteiger partial charge in [0.1, 0.15) is 0 Å². The van der Waals surface area contributed by atoms with Gasteiger partial charge in [-0.2, -0.15) is 11.8 Å². The maximum Gasteiger partial charge on any atom is 0.156 e. The van der Waals surface area contributed by atoms with Crippen molar-refractivity contribution in [2.45, 2.75) is 37.0 Å². The van der Waals surface area contributed by atoms with Crippen LogP contribution in [0.25, 0.3) is 0 Å². The lowest BCUT2D eigenvalue weighted by atomic mass is 10.2. The van der Waals surface area contributed by atoms with E-state index in [9.17, 15) is 0 Å². The lowest BCUT2D eigenvalue weighted by Gasteiger charge is -2.22. The van der Waals surface area contributed by atoms with Gasteiger partial charge in [0.25, 0.3) is 0 Å². The Morgan fingerprint density at radius 2 is 2.36 bits per heavy atom. The summed E-state index contributed by atoms with van der Waals surface area (Å²) in [5.41, 5.74) is 0. The molecule has 1 saturated carbocycles. The molecule has 1 aliphatic carbocycles. The van der Waals surface area contributed by atoms with E-state index in [2.05, 4.69) is 16.6 Å². The van der Waals surface area contributed by atoms with Crippen molar-refractivity contribution in [1.29, 1.82) is 0 Å². The van der Waals surface area contributed by atoms with Crippen molar-refractivity contribution < 1.29 is 0 Å². The summed E-state index contributed by atoms with van der Waals surface area (Å²) in [7, 11) is 0. The van der Waals surface area contributed by atoms with E-state index in [4.69, 9.17) is 0 Å². The van der Waals surface area contributed by atoms with E-state index in [-0.39, 0.29) is 0 Å². The summed E-state index contributed by atoms with van der Waals surface area (Å²) < 4.78 is 0. The maximum atomic E-state index is 4.52. The zero-order valence-corrected chi connectivity index (χ0v) is 10.3. The first-order valence-corrected chi connectivity index (χ1v) is 7.64. The molecule has 2 unspecified atom stereocenters. The van der Waals surface area contributed by atoms with Crippen LogP contribution in [0.5, 0.6) is 0 Å². The summed E-state index contributed by atoms with van der Waals surface area (Å²) in [5, 5.41) is 5.61. The van der Waals surface area contributed by atoms with Crippen LogP contribution in [0.15, 0.2) is 4.99 Å². The summed E-state index contributed by atoms with van der Waals surface area (Å²) >= 11 is 3.89. The highest BCUT2D eigenvalue weighted by Crippen LogP contribution is 2.29. The molecule has 0 amide bonds. The summed E-state index contributed by atoms with van der Waals surface area (Å²) in [5.74, 6) is 1.24. The molecule has 2 nitrogen and oxygen atoms in total. The molecular formula is C10H18N2S2. The maximum absolute atomic E-state index is 4.52. The lowest BCUT2D eigenvalue weighted by Crippen LogP contribution is -2.38. The number of rotatable bonds is 2. The minimum atomic E-state index is 0.675. The predicted octanol–water partition coefficient (Wildman–Crippen LogP) is 2.35. The Labute approximate surface area is 94.7 Å². The molecule has 0 aromatic rings. The highest BCUT2D eigenvalue weighted by atomic mass is 32.2. The van der Waals surface area contributed by atoms with Gasteiger partial charge < -0.3 is 5.32 Å². The highest BCUT2D eigenvalue weighted by Gasteiger charge is 2.27. The summed E-state index contributed by atoms with van der Waals surface area (Å²) in [6.07, 6.45) is 7.54. The number of hydrogen-bond donors (Lipinski definition) is 1. The molecule has 0 spiro atoms. The number of nitrogens with zero attached hydrogens (tertiary/aromatic N) is 1. The van der Waals surface area contributed by atoms with Gasteiger partial charge in [-0.15, -0.1) is 0 Å². The fraction of sp³-hybridized carbons (Fsp3) is 0.900. The Kier molecular flexibility index (Phi) is 4.05. The summed E-state index contributed by atoms with van der Waals surface area (Å²) in [6.45, 7) is 1.02. The van der Waals surface area contributed by atoms with Gasteiger partial charge in [0.15, 0.2) is 5.17 Å². The number of nitrogens with one attached hydrogen (secondary N) is 1. The zero-order valence-electron chi connectivity index (χ0n) is 8.66. The van der Waals surface area contributed by atoms with Crippen molar-refractivity contribution in [3.63, 3.8) is 0 Å². The van der Waals surface area contributed by atoms with Crippen LogP contribution in [-0.2, 0) is 0 Å². The van der Waals surface area contributed by atoms with Gasteiger partial charge in [-0.25, -0.2) is 0 Å². The number of thioether (sulfide) groups is 2. The molecular weight excluding hydrogens is 212 g/mol. The van der Waals surface area contributed by atoms with Gasteiger partial charge in [-0.1, -0.05) is 18.2 Å². The molecule has 0 saturated heterocycles. The molecule has 0 radical (unpaired) electrons. The van der Waals surface area contributed by atoms with Crippen molar-refractivity contribution in [3.8, 4) is 0 Å². The first-order chi connectivity index (χ1) is 6.90. The van der Waals surface area contributed by atoms with Crippen molar-refractivity contribution in [1.82, 2.24) is 5.32 Å². The molecule has 14 heavy (non-hydrogen) atoms. The first kappa shape index (κ1) is 10.7. The Morgan fingerprint density at radius 3 is 3.07 bits per heavy atom. The molecule has 0 bridgehead atoms. The molecule has 1 aliphatic heterocycles. The van der Waals surface area contributed by atoms with E-state index in [0.29, 0.717) is 6.04 Å². The van der Waals surface area contributed by atoms with Crippen LogP contribution in [0.1, 0.15) is 25.7 Å². The molecule has 1 fully saturated rings. The van der Waals surface area contributed by atoms with Crippen LogP contribution in [0.3, 0.4) is 0 Å². The third-order valence-corrected chi connectivity index (χ3v) is 5.04. The largest absolute Gasteiger partial charge is 0.361 e. The van der Waals surface area contributed by atoms with Gasteiger partial charge in [-0.05, 0) is 25.5 Å². The van der Waals surface area contributed by atoms with Crippen molar-refractivity contribution >= 4 is 28.7 Å². The molecule has 2 atom stereocenters. The lowest BCUT2D eigenvalue weighted by molar-refractivity contribution is 0.644. The minimum absolute atomic E-state index is 0.675. The predicted molar refractivity (Wildman–Crippen MR) is 67.5 cm³/mol. The molecule has 0 aromatic carbocycles. The molecule has 1 heterocycles. The number of hydrogen-bond acceptors (Lipinski definition) is 4. The topological polar surface area (TPSA) is 24.4 Å². The molecule has 2 rings (SSSR count). The quantitative estimate of drug-likeness (QED) is 0.788. The van der Waals surface area contributed by atoms with Gasteiger partial charge in [0.05, 0.1) is 0 Å². The average molecular weight is 230 g/mol. The number of amidine groups is 1. The molecule has 80 valence electrons.